The van der Waals surface area contributed by atoms with Crippen molar-refractivity contribution in [3.05, 3.63) is 28.8 Å². The fraction of sp³-hybridized carbons (Fsp3) is 0.250. The predicted molar refractivity (Wildman–Crippen MR) is 69.5 cm³/mol. The van der Waals surface area contributed by atoms with Crippen molar-refractivity contribution >= 4 is 35.0 Å². The number of nitrogens with zero attached hydrogens (tertiary/aromatic N) is 1. The third-order valence-electron chi connectivity index (χ3n) is 2.87. The molecule has 100 valence electrons. The number of anilines is 1. The molecule has 1 aliphatic heterocycles. The van der Waals surface area contributed by atoms with Gasteiger partial charge in [-0.2, -0.15) is 0 Å². The summed E-state index contributed by atoms with van der Waals surface area (Å²) in [5, 5.41) is 2.82. The highest BCUT2D eigenvalue weighted by atomic mass is 35.5. The Morgan fingerprint density at radius 3 is 2.63 bits per heavy atom. The maximum atomic E-state index is 12.0. The first-order valence-electron chi connectivity index (χ1n) is 5.56. The Labute approximate surface area is 114 Å². The van der Waals surface area contributed by atoms with Gasteiger partial charge < -0.3 is 11.1 Å². The zero-order chi connectivity index (χ0) is 14.2. The van der Waals surface area contributed by atoms with Gasteiger partial charge in [-0.1, -0.05) is 11.6 Å². The fourth-order valence-electron chi connectivity index (χ4n) is 1.85. The lowest BCUT2D eigenvalue weighted by Gasteiger charge is -2.11. The Balaban J connectivity index is 2.14. The maximum Gasteiger partial charge on any atom is 0.252 e. The number of nitrogens with one attached hydrogen (secondary N) is 1. The molecule has 1 aliphatic rings. The van der Waals surface area contributed by atoms with E-state index in [-0.39, 0.29) is 17.9 Å². The lowest BCUT2D eigenvalue weighted by Crippen LogP contribution is -2.40. The zero-order valence-corrected chi connectivity index (χ0v) is 10.9. The number of hydrogen-bond donors (Lipinski definition) is 2. The minimum absolute atomic E-state index is 0.0306. The quantitative estimate of drug-likeness (QED) is 0.606. The molecule has 1 unspecified atom stereocenters. The number of likely N-dealkylation sites (N-methyl/N-ethyl adjacent to an activating group) is 1. The van der Waals surface area contributed by atoms with Crippen molar-refractivity contribution in [3.63, 3.8) is 0 Å². The van der Waals surface area contributed by atoms with Crippen LogP contribution in [0.3, 0.4) is 0 Å². The monoisotopic (exact) mass is 281 g/mol. The summed E-state index contributed by atoms with van der Waals surface area (Å²) < 4.78 is 0. The Bertz CT molecular complexity index is 553. The van der Waals surface area contributed by atoms with E-state index in [1.54, 1.807) is 0 Å². The molecule has 3 amide bonds. The molecule has 0 radical (unpaired) electrons. The van der Waals surface area contributed by atoms with E-state index in [1.165, 1.54) is 25.2 Å². The van der Waals surface area contributed by atoms with Crippen molar-refractivity contribution in [1.29, 1.82) is 0 Å². The molecule has 0 bridgehead atoms. The molecular weight excluding hydrogens is 270 g/mol. The van der Waals surface area contributed by atoms with E-state index < -0.39 is 17.9 Å². The van der Waals surface area contributed by atoms with E-state index in [1.807, 2.05) is 0 Å². The van der Waals surface area contributed by atoms with E-state index >= 15 is 0 Å². The highest BCUT2D eigenvalue weighted by Crippen LogP contribution is 2.17. The number of rotatable bonds is 2. The largest absolute Gasteiger partial charge is 0.399 e. The first kappa shape index (κ1) is 13.4. The summed E-state index contributed by atoms with van der Waals surface area (Å²) in [6, 6.07) is 3.58. The molecule has 1 saturated heterocycles. The Hall–Kier alpha value is -2.08. The minimum atomic E-state index is -0.829. The number of nitrogen functional groups attached to an aromatic ring is 1. The van der Waals surface area contributed by atoms with Crippen molar-refractivity contribution in [2.75, 3.05) is 12.8 Å². The van der Waals surface area contributed by atoms with Gasteiger partial charge in [-0.25, -0.2) is 0 Å². The zero-order valence-electron chi connectivity index (χ0n) is 10.1. The second kappa shape index (κ2) is 4.89. The van der Waals surface area contributed by atoms with Gasteiger partial charge in [0, 0.05) is 23.3 Å². The number of likely N-dealkylation sites (tertiary alicyclic amines) is 1. The average molecular weight is 282 g/mol. The molecule has 3 N–H and O–H groups in total. The first-order chi connectivity index (χ1) is 8.88. The Morgan fingerprint density at radius 1 is 1.42 bits per heavy atom. The molecule has 1 atom stereocenters. The normalized spacial score (nSPS) is 18.8. The molecule has 1 aromatic rings. The van der Waals surface area contributed by atoms with Gasteiger partial charge in [-0.15, -0.1) is 0 Å². The van der Waals surface area contributed by atoms with Crippen LogP contribution in [0.1, 0.15) is 16.8 Å². The molecule has 0 spiro atoms. The van der Waals surface area contributed by atoms with Crippen LogP contribution in [0.2, 0.25) is 5.02 Å². The molecule has 1 heterocycles. The summed E-state index contributed by atoms with van der Waals surface area (Å²) in [4.78, 5) is 35.9. The van der Waals surface area contributed by atoms with Crippen LogP contribution < -0.4 is 11.1 Å². The van der Waals surface area contributed by atoms with Crippen LogP contribution in [0, 0.1) is 0 Å². The first-order valence-corrected chi connectivity index (χ1v) is 5.93. The van der Waals surface area contributed by atoms with Gasteiger partial charge >= 0.3 is 0 Å². The third-order valence-corrected chi connectivity index (χ3v) is 3.09. The lowest BCUT2D eigenvalue weighted by atomic mass is 10.1. The molecule has 0 aromatic heterocycles. The van der Waals surface area contributed by atoms with Crippen LogP contribution in [0.15, 0.2) is 18.2 Å². The number of amides is 3. The smallest absolute Gasteiger partial charge is 0.252 e. The van der Waals surface area contributed by atoms with Gasteiger partial charge in [0.25, 0.3) is 11.8 Å². The molecule has 1 aromatic carbocycles. The second-order valence-corrected chi connectivity index (χ2v) is 4.73. The standard InChI is InChI=1S/C12H12ClN3O3/c1-16-10(17)5-9(12(16)19)15-11(18)6-2-7(13)4-8(14)3-6/h2-4,9H,5,14H2,1H3,(H,15,18). The third kappa shape index (κ3) is 2.68. The van der Waals surface area contributed by atoms with Gasteiger partial charge in [0.05, 0.1) is 6.42 Å². The highest BCUT2D eigenvalue weighted by Gasteiger charge is 2.37. The number of carbonyl (C=O) groups is 3. The SMILES string of the molecule is CN1C(=O)CC(NC(=O)c2cc(N)cc(Cl)c2)C1=O. The predicted octanol–water partition coefficient (Wildman–Crippen LogP) is 0.409. The fourth-order valence-corrected chi connectivity index (χ4v) is 2.10. The summed E-state index contributed by atoms with van der Waals surface area (Å²) >= 11 is 5.80. The molecule has 0 saturated carbocycles. The topological polar surface area (TPSA) is 92.5 Å². The van der Waals surface area contributed by atoms with Crippen LogP contribution in [-0.4, -0.2) is 35.7 Å². The molecule has 0 aliphatic carbocycles. The molecule has 1 fully saturated rings. The van der Waals surface area contributed by atoms with E-state index in [9.17, 15) is 14.4 Å². The van der Waals surface area contributed by atoms with Crippen LogP contribution in [0.5, 0.6) is 0 Å². The van der Waals surface area contributed by atoms with Gasteiger partial charge in [-0.05, 0) is 18.2 Å². The number of carbonyl (C=O) groups excluding carboxylic acids is 3. The molecule has 7 heteroatoms. The minimum Gasteiger partial charge on any atom is -0.399 e. The van der Waals surface area contributed by atoms with E-state index in [0.717, 1.165) is 4.90 Å². The molecule has 2 rings (SSSR count). The van der Waals surface area contributed by atoms with Crippen LogP contribution in [0.4, 0.5) is 5.69 Å². The molecule has 6 nitrogen and oxygen atoms in total. The van der Waals surface area contributed by atoms with Crippen molar-refractivity contribution in [1.82, 2.24) is 10.2 Å². The maximum absolute atomic E-state index is 12.0. The Morgan fingerprint density at radius 2 is 2.11 bits per heavy atom. The second-order valence-electron chi connectivity index (χ2n) is 4.29. The number of imide groups is 1. The van der Waals surface area contributed by atoms with Gasteiger partial charge in [0.15, 0.2) is 0 Å². The summed E-state index contributed by atoms with van der Waals surface area (Å²) in [5.74, 6) is -1.23. The van der Waals surface area contributed by atoms with Crippen LogP contribution >= 0.6 is 11.6 Å². The summed E-state index contributed by atoms with van der Waals surface area (Å²) in [7, 11) is 1.38. The number of hydrogen-bond acceptors (Lipinski definition) is 4. The summed E-state index contributed by atoms with van der Waals surface area (Å²) in [6.45, 7) is 0. The molecular formula is C12H12ClN3O3. The van der Waals surface area contributed by atoms with Crippen molar-refractivity contribution in [2.24, 2.45) is 0 Å². The van der Waals surface area contributed by atoms with Gasteiger partial charge in [0.2, 0.25) is 5.91 Å². The van der Waals surface area contributed by atoms with Crippen molar-refractivity contribution in [3.8, 4) is 0 Å². The van der Waals surface area contributed by atoms with E-state index in [2.05, 4.69) is 5.32 Å². The van der Waals surface area contributed by atoms with E-state index in [4.69, 9.17) is 17.3 Å². The van der Waals surface area contributed by atoms with Gasteiger partial charge in [0.1, 0.15) is 6.04 Å². The molecule has 19 heavy (non-hydrogen) atoms. The average Bonchev–Trinajstić information content (AvgIpc) is 2.56. The number of halogens is 1. The van der Waals surface area contributed by atoms with Crippen molar-refractivity contribution in [2.45, 2.75) is 12.5 Å². The number of nitrogens with two attached hydrogens (primary N) is 1. The van der Waals surface area contributed by atoms with E-state index in [0.29, 0.717) is 10.7 Å². The summed E-state index contributed by atoms with van der Waals surface area (Å²) in [5.41, 5.74) is 6.18. The number of benzene rings is 1. The summed E-state index contributed by atoms with van der Waals surface area (Å²) in [6.07, 6.45) is -0.0306. The lowest BCUT2D eigenvalue weighted by molar-refractivity contribution is -0.137. The Kier molecular flexibility index (Phi) is 3.44. The van der Waals surface area contributed by atoms with Gasteiger partial charge in [-0.3, -0.25) is 19.3 Å². The van der Waals surface area contributed by atoms with Crippen molar-refractivity contribution < 1.29 is 14.4 Å². The highest BCUT2D eigenvalue weighted by molar-refractivity contribution is 6.31. The van der Waals surface area contributed by atoms with Crippen LogP contribution in [-0.2, 0) is 9.59 Å². The van der Waals surface area contributed by atoms with Crippen LogP contribution in [0.25, 0.3) is 0 Å².